The lowest BCUT2D eigenvalue weighted by Gasteiger charge is -2.25. The third kappa shape index (κ3) is 2.68. The second kappa shape index (κ2) is 5.61. The minimum absolute atomic E-state index is 0.195. The summed E-state index contributed by atoms with van der Waals surface area (Å²) in [6, 6.07) is 14.9. The van der Waals surface area contributed by atoms with Gasteiger partial charge in [-0.25, -0.2) is 0 Å². The van der Waals surface area contributed by atoms with Gasteiger partial charge in [0.15, 0.2) is 11.5 Å². The van der Waals surface area contributed by atoms with Gasteiger partial charge in [-0.2, -0.15) is 0 Å². The zero-order valence-corrected chi connectivity index (χ0v) is 12.2. The predicted molar refractivity (Wildman–Crippen MR) is 86.7 cm³/mol. The van der Waals surface area contributed by atoms with Crippen molar-refractivity contribution in [3.8, 4) is 11.5 Å². The Kier molecular flexibility index (Phi) is 3.31. The maximum absolute atomic E-state index is 12.4. The summed E-state index contributed by atoms with van der Waals surface area (Å²) in [6.07, 6.45) is 2.84. The average molecular weight is 306 g/mol. The van der Waals surface area contributed by atoms with Crippen molar-refractivity contribution in [3.63, 3.8) is 0 Å². The fraction of sp³-hybridized carbons (Fsp3) is 0.111. The van der Waals surface area contributed by atoms with E-state index in [-0.39, 0.29) is 12.5 Å². The quantitative estimate of drug-likeness (QED) is 0.790. The van der Waals surface area contributed by atoms with Crippen LogP contribution < -0.4 is 14.8 Å². The smallest absolute Gasteiger partial charge is 0.269 e. The molecule has 0 spiro atoms. The van der Waals surface area contributed by atoms with Crippen molar-refractivity contribution in [1.82, 2.24) is 4.98 Å². The highest BCUT2D eigenvalue weighted by atomic mass is 16.6. The molecule has 0 radical (unpaired) electrons. The minimum Gasteiger partial charge on any atom is -0.485 e. The molecule has 1 aromatic heterocycles. The van der Waals surface area contributed by atoms with E-state index in [4.69, 9.17) is 9.47 Å². The van der Waals surface area contributed by atoms with Crippen LogP contribution in [0.3, 0.4) is 0 Å². The Morgan fingerprint density at radius 1 is 1.09 bits per heavy atom. The molecule has 5 heteroatoms. The molecule has 2 aromatic carbocycles. The molecule has 1 unspecified atom stereocenters. The molecule has 114 valence electrons. The van der Waals surface area contributed by atoms with E-state index >= 15 is 0 Å². The highest BCUT2D eigenvalue weighted by Crippen LogP contribution is 2.31. The summed E-state index contributed by atoms with van der Waals surface area (Å²) in [5.41, 5.74) is 0.719. The van der Waals surface area contributed by atoms with E-state index in [1.165, 1.54) is 0 Å². The first-order chi connectivity index (χ1) is 11.3. The normalized spacial score (nSPS) is 16.1. The first-order valence-corrected chi connectivity index (χ1v) is 7.33. The number of para-hydroxylation sites is 2. The Bertz CT molecular complexity index is 879. The fourth-order valence-electron chi connectivity index (χ4n) is 2.53. The number of amides is 1. The second-order valence-electron chi connectivity index (χ2n) is 5.29. The average Bonchev–Trinajstić information content (AvgIpc) is 2.61. The molecule has 3 aromatic rings. The Morgan fingerprint density at radius 2 is 1.96 bits per heavy atom. The topological polar surface area (TPSA) is 60.5 Å². The van der Waals surface area contributed by atoms with Crippen molar-refractivity contribution in [2.75, 3.05) is 11.9 Å². The lowest BCUT2D eigenvalue weighted by atomic mass is 10.1. The molecule has 23 heavy (non-hydrogen) atoms. The number of pyridine rings is 1. The van der Waals surface area contributed by atoms with Gasteiger partial charge in [-0.15, -0.1) is 0 Å². The van der Waals surface area contributed by atoms with Gasteiger partial charge in [0.25, 0.3) is 5.91 Å². The largest absolute Gasteiger partial charge is 0.485 e. The molecule has 0 aliphatic carbocycles. The summed E-state index contributed by atoms with van der Waals surface area (Å²) in [5, 5.41) is 4.91. The van der Waals surface area contributed by atoms with E-state index in [0.717, 1.165) is 16.5 Å². The van der Waals surface area contributed by atoms with Crippen LogP contribution in [-0.2, 0) is 4.79 Å². The van der Waals surface area contributed by atoms with E-state index in [1.807, 2.05) is 42.5 Å². The molecule has 2 heterocycles. The first-order valence-electron chi connectivity index (χ1n) is 7.33. The summed E-state index contributed by atoms with van der Waals surface area (Å²) in [6.45, 7) is 0.195. The summed E-state index contributed by atoms with van der Waals surface area (Å²) < 4.78 is 11.3. The predicted octanol–water partition coefficient (Wildman–Crippen LogP) is 3.01. The van der Waals surface area contributed by atoms with Crippen LogP contribution in [0.2, 0.25) is 0 Å². The van der Waals surface area contributed by atoms with Crippen molar-refractivity contribution in [2.45, 2.75) is 6.10 Å². The van der Waals surface area contributed by atoms with Gasteiger partial charge >= 0.3 is 0 Å². The first kappa shape index (κ1) is 13.6. The monoisotopic (exact) mass is 306 g/mol. The molecule has 0 fully saturated rings. The molecule has 0 saturated heterocycles. The Labute approximate surface area is 132 Å². The molecule has 1 N–H and O–H groups in total. The van der Waals surface area contributed by atoms with Crippen molar-refractivity contribution in [2.24, 2.45) is 0 Å². The Hall–Kier alpha value is -3.08. The fourth-order valence-corrected chi connectivity index (χ4v) is 2.53. The number of hydrogen-bond donors (Lipinski definition) is 1. The number of ether oxygens (including phenoxy) is 2. The van der Waals surface area contributed by atoms with Crippen LogP contribution in [0.1, 0.15) is 0 Å². The van der Waals surface area contributed by atoms with Crippen LogP contribution in [0.4, 0.5) is 5.69 Å². The van der Waals surface area contributed by atoms with Crippen LogP contribution in [0.5, 0.6) is 11.5 Å². The van der Waals surface area contributed by atoms with E-state index < -0.39 is 6.10 Å². The number of nitrogens with one attached hydrogen (secondary N) is 1. The van der Waals surface area contributed by atoms with Gasteiger partial charge in [0.1, 0.15) is 6.61 Å². The third-order valence-electron chi connectivity index (χ3n) is 3.71. The van der Waals surface area contributed by atoms with Gasteiger partial charge in [-0.05, 0) is 35.7 Å². The standard InChI is InChI=1S/C18H14N2O3/c21-18(17-11-22-15-3-1-2-4-16(15)23-17)20-14-6-5-13-10-19-8-7-12(13)9-14/h1-10,17H,11H2,(H,20,21). The molecule has 0 saturated carbocycles. The molecule has 1 aliphatic rings. The summed E-state index contributed by atoms with van der Waals surface area (Å²) in [5.74, 6) is 1.02. The Balaban J connectivity index is 1.51. The number of anilines is 1. The van der Waals surface area contributed by atoms with Gasteiger partial charge in [0.2, 0.25) is 6.10 Å². The van der Waals surface area contributed by atoms with E-state index in [0.29, 0.717) is 11.5 Å². The van der Waals surface area contributed by atoms with E-state index in [9.17, 15) is 4.79 Å². The van der Waals surface area contributed by atoms with Crippen molar-refractivity contribution in [3.05, 3.63) is 60.9 Å². The van der Waals surface area contributed by atoms with Crippen molar-refractivity contribution in [1.29, 1.82) is 0 Å². The van der Waals surface area contributed by atoms with Crippen molar-refractivity contribution >= 4 is 22.4 Å². The van der Waals surface area contributed by atoms with Crippen LogP contribution >= 0.6 is 0 Å². The van der Waals surface area contributed by atoms with Crippen molar-refractivity contribution < 1.29 is 14.3 Å². The highest BCUT2D eigenvalue weighted by molar-refractivity contribution is 5.97. The number of hydrogen-bond acceptors (Lipinski definition) is 4. The molecule has 1 atom stereocenters. The number of carbonyl (C=O) groups is 1. The van der Waals surface area contributed by atoms with Gasteiger partial charge in [-0.1, -0.05) is 18.2 Å². The van der Waals surface area contributed by atoms with Crippen LogP contribution in [0.25, 0.3) is 10.8 Å². The number of aromatic nitrogens is 1. The molecule has 1 amide bonds. The molecule has 5 nitrogen and oxygen atoms in total. The maximum atomic E-state index is 12.4. The van der Waals surface area contributed by atoms with Gasteiger partial charge in [0, 0.05) is 23.5 Å². The van der Waals surface area contributed by atoms with Crippen LogP contribution in [0.15, 0.2) is 60.9 Å². The number of carbonyl (C=O) groups excluding carboxylic acids is 1. The number of rotatable bonds is 2. The van der Waals surface area contributed by atoms with Gasteiger partial charge < -0.3 is 14.8 Å². The lowest BCUT2D eigenvalue weighted by Crippen LogP contribution is -2.40. The van der Waals surface area contributed by atoms with E-state index in [1.54, 1.807) is 18.5 Å². The highest BCUT2D eigenvalue weighted by Gasteiger charge is 2.27. The molecular formula is C18H14N2O3. The number of fused-ring (bicyclic) bond motifs is 2. The zero-order chi connectivity index (χ0) is 15.6. The molecule has 4 rings (SSSR count). The minimum atomic E-state index is -0.668. The van der Waals surface area contributed by atoms with Gasteiger partial charge in [-0.3, -0.25) is 9.78 Å². The number of nitrogens with zero attached hydrogens (tertiary/aromatic N) is 1. The van der Waals surface area contributed by atoms with E-state index in [2.05, 4.69) is 10.3 Å². The zero-order valence-electron chi connectivity index (χ0n) is 12.2. The Morgan fingerprint density at radius 3 is 2.87 bits per heavy atom. The SMILES string of the molecule is O=C(Nc1ccc2cnccc2c1)C1COc2ccccc2O1. The maximum Gasteiger partial charge on any atom is 0.269 e. The molecular weight excluding hydrogens is 292 g/mol. The summed E-state index contributed by atoms with van der Waals surface area (Å²) >= 11 is 0. The molecule has 1 aliphatic heterocycles. The molecule has 0 bridgehead atoms. The summed E-state index contributed by atoms with van der Waals surface area (Å²) in [4.78, 5) is 16.5. The van der Waals surface area contributed by atoms with Gasteiger partial charge in [0.05, 0.1) is 0 Å². The van der Waals surface area contributed by atoms with Crippen LogP contribution in [0, 0.1) is 0 Å². The number of benzene rings is 2. The second-order valence-corrected chi connectivity index (χ2v) is 5.29. The van der Waals surface area contributed by atoms with Crippen LogP contribution in [-0.4, -0.2) is 23.6 Å². The lowest BCUT2D eigenvalue weighted by molar-refractivity contribution is -0.125. The summed E-state index contributed by atoms with van der Waals surface area (Å²) in [7, 11) is 0. The third-order valence-corrected chi connectivity index (χ3v) is 3.71.